The van der Waals surface area contributed by atoms with E-state index in [1.165, 1.54) is 6.42 Å². The fourth-order valence-electron chi connectivity index (χ4n) is 3.82. The van der Waals surface area contributed by atoms with Crippen LogP contribution in [0, 0.1) is 0 Å². The SMILES string of the molecule is CC(C)(C)OC(=O)COCCOCCOCCOCCOCCOCCOCCOCCOCCOCCOCCOCCOCCCCCCCl. The Morgan fingerprint density at radius 1 is 0.346 bits per heavy atom. The van der Waals surface area contributed by atoms with E-state index in [2.05, 4.69) is 0 Å². The number of hydrogen-bond acceptors (Lipinski definition) is 15. The molecule has 0 amide bonds. The van der Waals surface area contributed by atoms with Gasteiger partial charge in [0, 0.05) is 12.5 Å². The Labute approximate surface area is 318 Å². The molecule has 0 fully saturated rings. The van der Waals surface area contributed by atoms with Crippen molar-refractivity contribution in [3.63, 3.8) is 0 Å². The van der Waals surface area contributed by atoms with Gasteiger partial charge in [-0.15, -0.1) is 11.6 Å². The van der Waals surface area contributed by atoms with Gasteiger partial charge in [-0.2, -0.15) is 0 Å². The van der Waals surface area contributed by atoms with Gasteiger partial charge in [0.2, 0.25) is 0 Å². The molecular formula is C36H71ClO15. The maximum Gasteiger partial charge on any atom is 0.332 e. The predicted molar refractivity (Wildman–Crippen MR) is 196 cm³/mol. The van der Waals surface area contributed by atoms with Crippen LogP contribution < -0.4 is 0 Å². The zero-order valence-corrected chi connectivity index (χ0v) is 33.2. The quantitative estimate of drug-likeness (QED) is 0.0506. The number of unbranched alkanes of at least 4 members (excludes halogenated alkanes) is 3. The van der Waals surface area contributed by atoms with Crippen LogP contribution in [0.2, 0.25) is 0 Å². The van der Waals surface area contributed by atoms with Crippen molar-refractivity contribution in [1.29, 1.82) is 0 Å². The highest BCUT2D eigenvalue weighted by Gasteiger charge is 2.15. The number of carbonyl (C=O) groups is 1. The first-order chi connectivity index (χ1) is 25.5. The third-order valence-corrected chi connectivity index (χ3v) is 6.54. The van der Waals surface area contributed by atoms with Crippen LogP contribution in [0.1, 0.15) is 46.5 Å². The second kappa shape index (κ2) is 43.0. The molecule has 15 nitrogen and oxygen atoms in total. The van der Waals surface area contributed by atoms with Gasteiger partial charge in [0.15, 0.2) is 0 Å². The van der Waals surface area contributed by atoms with E-state index < -0.39 is 5.60 Å². The van der Waals surface area contributed by atoms with Gasteiger partial charge in [-0.05, 0) is 33.6 Å². The van der Waals surface area contributed by atoms with Crippen molar-refractivity contribution < 1.29 is 71.1 Å². The molecule has 16 heteroatoms. The molecule has 0 aliphatic carbocycles. The van der Waals surface area contributed by atoms with Gasteiger partial charge < -0.3 is 66.3 Å². The third-order valence-electron chi connectivity index (χ3n) is 6.28. The van der Waals surface area contributed by atoms with E-state index in [1.54, 1.807) is 0 Å². The number of esters is 1. The summed E-state index contributed by atoms with van der Waals surface area (Å²) in [5.74, 6) is 0.352. The molecule has 0 spiro atoms. The number of hydrogen-bond donors (Lipinski definition) is 0. The zero-order valence-electron chi connectivity index (χ0n) is 32.4. The summed E-state index contributed by atoms with van der Waals surface area (Å²) >= 11 is 5.66. The van der Waals surface area contributed by atoms with Gasteiger partial charge in [0.1, 0.15) is 12.2 Å². The van der Waals surface area contributed by atoms with Crippen molar-refractivity contribution in [2.45, 2.75) is 52.1 Å². The molecule has 312 valence electrons. The van der Waals surface area contributed by atoms with Crippen molar-refractivity contribution in [3.8, 4) is 0 Å². The van der Waals surface area contributed by atoms with Crippen LogP contribution in [0.25, 0.3) is 0 Å². The summed E-state index contributed by atoms with van der Waals surface area (Å²) in [4.78, 5) is 11.5. The Kier molecular flexibility index (Phi) is 42.3. The third kappa shape index (κ3) is 47.3. The first kappa shape index (κ1) is 51.2. The van der Waals surface area contributed by atoms with Crippen LogP contribution in [0.15, 0.2) is 0 Å². The van der Waals surface area contributed by atoms with Gasteiger partial charge in [0.05, 0.1) is 159 Å². The summed E-state index contributed by atoms with van der Waals surface area (Å²) in [6, 6.07) is 0. The van der Waals surface area contributed by atoms with Crippen LogP contribution in [0.5, 0.6) is 0 Å². The molecule has 0 atom stereocenters. The van der Waals surface area contributed by atoms with Crippen LogP contribution in [0.4, 0.5) is 0 Å². The number of rotatable bonds is 44. The molecule has 0 heterocycles. The highest BCUT2D eigenvalue weighted by molar-refractivity contribution is 6.17. The average Bonchev–Trinajstić information content (AvgIpc) is 3.11. The molecule has 0 aliphatic rings. The molecule has 0 bridgehead atoms. The second-order valence-corrected chi connectivity index (χ2v) is 12.5. The first-order valence-electron chi connectivity index (χ1n) is 18.7. The minimum absolute atomic E-state index is 0.0847. The molecular weight excluding hydrogens is 708 g/mol. The molecule has 0 saturated heterocycles. The van der Waals surface area contributed by atoms with Gasteiger partial charge in [0.25, 0.3) is 0 Å². The van der Waals surface area contributed by atoms with Crippen molar-refractivity contribution in [2.75, 3.05) is 178 Å². The molecule has 0 rings (SSSR count). The van der Waals surface area contributed by atoms with Crippen molar-refractivity contribution >= 4 is 17.6 Å². The lowest BCUT2D eigenvalue weighted by Crippen LogP contribution is -2.27. The number of ether oxygens (including phenoxy) is 14. The van der Waals surface area contributed by atoms with Crippen LogP contribution in [0.3, 0.4) is 0 Å². The highest BCUT2D eigenvalue weighted by Crippen LogP contribution is 2.06. The normalized spacial score (nSPS) is 11.8. The molecule has 52 heavy (non-hydrogen) atoms. The molecule has 0 unspecified atom stereocenters. The van der Waals surface area contributed by atoms with Gasteiger partial charge in [-0.1, -0.05) is 12.8 Å². The van der Waals surface area contributed by atoms with Gasteiger partial charge in [-0.25, -0.2) is 4.79 Å². The summed E-state index contributed by atoms with van der Waals surface area (Å²) in [6.45, 7) is 18.0. The fraction of sp³-hybridized carbons (Fsp3) is 0.972. The van der Waals surface area contributed by atoms with E-state index in [0.29, 0.717) is 159 Å². The topological polar surface area (TPSA) is 146 Å². The number of halogens is 1. The lowest BCUT2D eigenvalue weighted by Gasteiger charge is -2.19. The maximum atomic E-state index is 11.5. The van der Waals surface area contributed by atoms with E-state index in [0.717, 1.165) is 31.7 Å². The number of carbonyl (C=O) groups excluding carboxylic acids is 1. The van der Waals surface area contributed by atoms with E-state index in [4.69, 9.17) is 77.9 Å². The first-order valence-corrected chi connectivity index (χ1v) is 19.3. The van der Waals surface area contributed by atoms with Crippen molar-refractivity contribution in [2.24, 2.45) is 0 Å². The molecule has 0 aromatic carbocycles. The molecule has 0 radical (unpaired) electrons. The Morgan fingerprint density at radius 2 is 0.577 bits per heavy atom. The van der Waals surface area contributed by atoms with Crippen LogP contribution in [-0.4, -0.2) is 189 Å². The molecule has 0 N–H and O–H groups in total. The van der Waals surface area contributed by atoms with Crippen LogP contribution >= 0.6 is 11.6 Å². The standard InChI is InChI=1S/C36H71ClO15/c1-36(2,3)52-35(38)34-51-33-32-50-31-30-49-29-28-48-27-26-47-25-24-46-23-22-45-21-20-44-19-18-43-17-16-42-15-14-41-13-12-40-11-10-39-9-7-5-4-6-8-37/h4-34H2,1-3H3. The smallest absolute Gasteiger partial charge is 0.332 e. The summed E-state index contributed by atoms with van der Waals surface area (Å²) in [5, 5.41) is 0. The van der Waals surface area contributed by atoms with E-state index >= 15 is 0 Å². The highest BCUT2D eigenvalue weighted by atomic mass is 35.5. The Balaban J connectivity index is 3.09. The summed E-state index contributed by atoms with van der Waals surface area (Å²) in [6.07, 6.45) is 4.48. The zero-order chi connectivity index (χ0) is 37.9. The Hall–Kier alpha value is -0.760. The number of alkyl halides is 1. The average molecular weight is 779 g/mol. The minimum Gasteiger partial charge on any atom is -0.458 e. The van der Waals surface area contributed by atoms with E-state index in [1.807, 2.05) is 20.8 Å². The lowest BCUT2D eigenvalue weighted by atomic mass is 10.2. The van der Waals surface area contributed by atoms with Gasteiger partial charge in [-0.3, -0.25) is 0 Å². The Bertz CT molecular complexity index is 703. The Morgan fingerprint density at radius 3 is 0.827 bits per heavy atom. The molecule has 0 aromatic rings. The molecule has 0 aromatic heterocycles. The van der Waals surface area contributed by atoms with Gasteiger partial charge >= 0.3 is 5.97 Å². The van der Waals surface area contributed by atoms with Crippen molar-refractivity contribution in [3.05, 3.63) is 0 Å². The summed E-state index contributed by atoms with van der Waals surface area (Å²) < 4.78 is 76.1. The monoisotopic (exact) mass is 778 g/mol. The minimum atomic E-state index is -0.513. The van der Waals surface area contributed by atoms with E-state index in [-0.39, 0.29) is 12.6 Å². The second-order valence-electron chi connectivity index (χ2n) is 12.1. The molecule has 0 saturated carbocycles. The molecule has 0 aliphatic heterocycles. The van der Waals surface area contributed by atoms with Crippen LogP contribution in [-0.2, 0) is 71.1 Å². The lowest BCUT2D eigenvalue weighted by molar-refractivity contribution is -0.160. The van der Waals surface area contributed by atoms with Crippen molar-refractivity contribution in [1.82, 2.24) is 0 Å². The maximum absolute atomic E-state index is 11.5. The van der Waals surface area contributed by atoms with E-state index in [9.17, 15) is 4.79 Å². The predicted octanol–water partition coefficient (Wildman–Crippen LogP) is 3.34. The summed E-state index contributed by atoms with van der Waals surface area (Å²) in [5.41, 5.74) is -0.513. The summed E-state index contributed by atoms with van der Waals surface area (Å²) in [7, 11) is 0. The fourth-order valence-corrected chi connectivity index (χ4v) is 4.01. The largest absolute Gasteiger partial charge is 0.458 e.